The second kappa shape index (κ2) is 5.85. The van der Waals surface area contributed by atoms with E-state index in [4.69, 9.17) is 0 Å². The molecule has 0 saturated heterocycles. The van der Waals surface area contributed by atoms with Crippen molar-refractivity contribution in [1.29, 1.82) is 0 Å². The fraction of sp³-hybridized carbons (Fsp3) is 0.158. The van der Waals surface area contributed by atoms with Gasteiger partial charge in [-0.1, -0.05) is 18.2 Å². The van der Waals surface area contributed by atoms with E-state index in [1.165, 1.54) is 18.2 Å². The zero-order chi connectivity index (χ0) is 17.4. The van der Waals surface area contributed by atoms with E-state index in [9.17, 15) is 14.7 Å². The Morgan fingerprint density at radius 1 is 1.00 bits per heavy atom. The van der Waals surface area contributed by atoms with Gasteiger partial charge in [0.25, 0.3) is 5.56 Å². The normalized spacial score (nSPS) is 10.8. The van der Waals surface area contributed by atoms with E-state index in [2.05, 4.69) is 5.32 Å². The van der Waals surface area contributed by atoms with Gasteiger partial charge >= 0.3 is 6.03 Å². The average Bonchev–Trinajstić information content (AvgIpc) is 2.50. The molecule has 0 atom stereocenters. The maximum atomic E-state index is 12.7. The standard InChI is InChI=1S/C19H18N2O3/c1-11-5-4-6-12(2)18(11)20-19(24)21-16-10-14(22)7-8-15(16)13(3)9-17(21)23/h4-10,22H,1-3H3,(H,20,24). The molecule has 5 heteroatoms. The van der Waals surface area contributed by atoms with Gasteiger partial charge in [-0.25, -0.2) is 9.36 Å². The number of nitrogens with one attached hydrogen (secondary N) is 1. The summed E-state index contributed by atoms with van der Waals surface area (Å²) in [6.45, 7) is 5.59. The first-order valence-electron chi connectivity index (χ1n) is 7.61. The molecule has 0 saturated carbocycles. The van der Waals surface area contributed by atoms with Crippen molar-refractivity contribution in [2.45, 2.75) is 20.8 Å². The molecule has 3 aromatic rings. The van der Waals surface area contributed by atoms with Gasteiger partial charge < -0.3 is 10.4 Å². The molecule has 0 radical (unpaired) electrons. The molecule has 0 bridgehead atoms. The van der Waals surface area contributed by atoms with Crippen molar-refractivity contribution < 1.29 is 9.90 Å². The number of pyridine rings is 1. The van der Waals surface area contributed by atoms with E-state index in [0.717, 1.165) is 26.6 Å². The minimum atomic E-state index is -0.548. The van der Waals surface area contributed by atoms with Crippen LogP contribution < -0.4 is 10.9 Å². The van der Waals surface area contributed by atoms with Crippen LogP contribution in [0.15, 0.2) is 47.3 Å². The van der Waals surface area contributed by atoms with Gasteiger partial charge in [0, 0.05) is 23.2 Å². The van der Waals surface area contributed by atoms with Crippen LogP contribution in [0.4, 0.5) is 10.5 Å². The number of para-hydroxylation sites is 1. The van der Waals surface area contributed by atoms with Crippen LogP contribution in [0.2, 0.25) is 0 Å². The molecule has 0 unspecified atom stereocenters. The number of fused-ring (bicyclic) bond motifs is 1. The molecule has 0 fully saturated rings. The monoisotopic (exact) mass is 322 g/mol. The Labute approximate surface area is 139 Å². The number of aryl methyl sites for hydroxylation is 3. The van der Waals surface area contributed by atoms with E-state index >= 15 is 0 Å². The predicted molar refractivity (Wildman–Crippen MR) is 94.9 cm³/mol. The summed E-state index contributed by atoms with van der Waals surface area (Å²) in [5, 5.41) is 13.3. The van der Waals surface area contributed by atoms with Crippen LogP contribution in [0.3, 0.4) is 0 Å². The summed E-state index contributed by atoms with van der Waals surface area (Å²) in [5.74, 6) is 0.00104. The summed E-state index contributed by atoms with van der Waals surface area (Å²) in [4.78, 5) is 25.1. The zero-order valence-corrected chi connectivity index (χ0v) is 13.8. The van der Waals surface area contributed by atoms with Crippen molar-refractivity contribution in [2.24, 2.45) is 0 Å². The highest BCUT2D eigenvalue weighted by atomic mass is 16.3. The van der Waals surface area contributed by atoms with Crippen molar-refractivity contribution in [2.75, 3.05) is 5.32 Å². The van der Waals surface area contributed by atoms with Crippen LogP contribution in [0.25, 0.3) is 10.9 Å². The first-order valence-corrected chi connectivity index (χ1v) is 7.61. The molecule has 5 nitrogen and oxygen atoms in total. The fourth-order valence-electron chi connectivity index (χ4n) is 2.87. The van der Waals surface area contributed by atoms with Crippen LogP contribution in [-0.4, -0.2) is 15.7 Å². The number of benzene rings is 2. The van der Waals surface area contributed by atoms with Crippen molar-refractivity contribution in [3.63, 3.8) is 0 Å². The molecule has 0 aliphatic carbocycles. The van der Waals surface area contributed by atoms with Gasteiger partial charge in [-0.2, -0.15) is 0 Å². The Bertz CT molecular complexity index is 999. The third kappa shape index (κ3) is 2.65. The Kier molecular flexibility index (Phi) is 3.85. The van der Waals surface area contributed by atoms with Gasteiger partial charge in [-0.15, -0.1) is 0 Å². The topological polar surface area (TPSA) is 71.3 Å². The summed E-state index contributed by atoms with van der Waals surface area (Å²) in [5.41, 5.74) is 3.21. The second-order valence-corrected chi connectivity index (χ2v) is 5.90. The molecule has 3 rings (SSSR count). The number of amides is 1. The number of phenols is 1. The smallest absolute Gasteiger partial charge is 0.333 e. The number of nitrogens with zero attached hydrogens (tertiary/aromatic N) is 1. The van der Waals surface area contributed by atoms with Crippen molar-refractivity contribution in [3.8, 4) is 5.75 Å². The average molecular weight is 322 g/mol. The van der Waals surface area contributed by atoms with E-state index in [1.54, 1.807) is 13.0 Å². The van der Waals surface area contributed by atoms with E-state index in [-0.39, 0.29) is 5.75 Å². The molecule has 1 heterocycles. The van der Waals surface area contributed by atoms with Crippen LogP contribution in [0.1, 0.15) is 16.7 Å². The number of aromatic hydroxyl groups is 1. The molecule has 2 N–H and O–H groups in total. The molecular formula is C19H18N2O3. The third-order valence-electron chi connectivity index (χ3n) is 4.12. The molecule has 2 aromatic carbocycles. The first kappa shape index (κ1) is 15.8. The number of rotatable bonds is 1. The summed E-state index contributed by atoms with van der Waals surface area (Å²) < 4.78 is 1.05. The quantitative estimate of drug-likeness (QED) is 0.717. The largest absolute Gasteiger partial charge is 0.508 e. The number of hydrogen-bond acceptors (Lipinski definition) is 3. The van der Waals surface area contributed by atoms with Crippen molar-refractivity contribution >= 4 is 22.6 Å². The Hall–Kier alpha value is -3.08. The first-order chi connectivity index (χ1) is 11.4. The molecular weight excluding hydrogens is 304 g/mol. The molecule has 0 aliphatic heterocycles. The van der Waals surface area contributed by atoms with Gasteiger partial charge in [0.05, 0.1) is 5.52 Å². The van der Waals surface area contributed by atoms with Crippen LogP contribution in [0, 0.1) is 20.8 Å². The van der Waals surface area contributed by atoms with E-state index in [0.29, 0.717) is 11.2 Å². The van der Waals surface area contributed by atoms with Crippen molar-refractivity contribution in [3.05, 3.63) is 69.5 Å². The highest BCUT2D eigenvalue weighted by Gasteiger charge is 2.15. The highest BCUT2D eigenvalue weighted by Crippen LogP contribution is 2.23. The fourth-order valence-corrected chi connectivity index (χ4v) is 2.87. The molecule has 24 heavy (non-hydrogen) atoms. The second-order valence-electron chi connectivity index (χ2n) is 5.90. The Morgan fingerprint density at radius 3 is 2.33 bits per heavy atom. The lowest BCUT2D eigenvalue weighted by Gasteiger charge is -2.15. The lowest BCUT2D eigenvalue weighted by Crippen LogP contribution is -2.31. The molecule has 0 aliphatic rings. The number of anilines is 1. The minimum absolute atomic E-state index is 0.00104. The number of hydrogen-bond donors (Lipinski definition) is 2. The van der Waals surface area contributed by atoms with Crippen LogP contribution >= 0.6 is 0 Å². The number of carbonyl (C=O) groups excluding carboxylic acids is 1. The van der Waals surface area contributed by atoms with Gasteiger partial charge in [-0.3, -0.25) is 4.79 Å². The maximum absolute atomic E-state index is 12.7. The molecule has 1 aromatic heterocycles. The lowest BCUT2D eigenvalue weighted by atomic mass is 10.1. The van der Waals surface area contributed by atoms with Crippen molar-refractivity contribution in [1.82, 2.24) is 4.57 Å². The third-order valence-corrected chi connectivity index (χ3v) is 4.12. The number of carbonyl (C=O) groups is 1. The summed E-state index contributed by atoms with van der Waals surface area (Å²) >= 11 is 0. The number of phenolic OH excluding ortho intramolecular Hbond substituents is 1. The Morgan fingerprint density at radius 2 is 1.67 bits per heavy atom. The van der Waals surface area contributed by atoms with Crippen LogP contribution in [0.5, 0.6) is 5.75 Å². The van der Waals surface area contributed by atoms with E-state index in [1.807, 2.05) is 32.0 Å². The molecule has 0 spiro atoms. The summed E-state index contributed by atoms with van der Waals surface area (Å²) in [6.07, 6.45) is 0. The summed E-state index contributed by atoms with van der Waals surface area (Å²) in [7, 11) is 0. The van der Waals surface area contributed by atoms with Gasteiger partial charge in [-0.05, 0) is 49.6 Å². The van der Waals surface area contributed by atoms with E-state index < -0.39 is 11.6 Å². The van der Waals surface area contributed by atoms with Gasteiger partial charge in [0.2, 0.25) is 0 Å². The summed E-state index contributed by atoms with van der Waals surface area (Å²) in [6, 6.07) is 11.2. The van der Waals surface area contributed by atoms with Gasteiger partial charge in [0.15, 0.2) is 0 Å². The number of aromatic nitrogens is 1. The Balaban J connectivity index is 2.17. The maximum Gasteiger partial charge on any atom is 0.333 e. The zero-order valence-electron chi connectivity index (χ0n) is 13.8. The van der Waals surface area contributed by atoms with Crippen LogP contribution in [-0.2, 0) is 0 Å². The molecule has 1 amide bonds. The lowest BCUT2D eigenvalue weighted by molar-refractivity contribution is 0.253. The molecule has 122 valence electrons. The van der Waals surface area contributed by atoms with Gasteiger partial charge in [0.1, 0.15) is 5.75 Å². The predicted octanol–water partition coefficient (Wildman–Crippen LogP) is 3.71. The SMILES string of the molecule is Cc1cccc(C)c1NC(=O)n1c(=O)cc(C)c2ccc(O)cc21. The highest BCUT2D eigenvalue weighted by molar-refractivity contribution is 5.99. The minimum Gasteiger partial charge on any atom is -0.508 e.